The minimum atomic E-state index is 0.711. The van der Waals surface area contributed by atoms with Crippen molar-refractivity contribution in [2.45, 2.75) is 39.5 Å². The van der Waals surface area contributed by atoms with Crippen LogP contribution >= 0.6 is 0 Å². The van der Waals surface area contributed by atoms with Crippen LogP contribution in [-0.4, -0.2) is 4.98 Å². The summed E-state index contributed by atoms with van der Waals surface area (Å²) in [6, 6.07) is 8.52. The second-order valence-electron chi connectivity index (χ2n) is 4.45. The van der Waals surface area contributed by atoms with E-state index in [1.165, 1.54) is 31.2 Å². The van der Waals surface area contributed by atoms with Crippen molar-refractivity contribution >= 4 is 0 Å². The topological polar surface area (TPSA) is 26.0 Å². The molecule has 0 aliphatic rings. The predicted molar refractivity (Wildman–Crippen MR) is 69.9 cm³/mol. The Balaban J connectivity index is 2.02. The molecule has 1 aromatic carbocycles. The second-order valence-corrected chi connectivity index (χ2v) is 4.45. The Morgan fingerprint density at radius 2 is 1.88 bits per heavy atom. The maximum atomic E-state index is 5.38. The van der Waals surface area contributed by atoms with Gasteiger partial charge in [0.2, 0.25) is 5.89 Å². The highest BCUT2D eigenvalue weighted by molar-refractivity contribution is 5.53. The molecule has 0 spiro atoms. The molecule has 0 saturated heterocycles. The van der Waals surface area contributed by atoms with Crippen LogP contribution < -0.4 is 0 Å². The first-order chi connectivity index (χ1) is 8.29. The number of aromatic nitrogens is 1. The van der Waals surface area contributed by atoms with Gasteiger partial charge in [-0.2, -0.15) is 0 Å². The summed E-state index contributed by atoms with van der Waals surface area (Å²) >= 11 is 0. The van der Waals surface area contributed by atoms with E-state index in [2.05, 4.69) is 36.2 Å². The molecule has 17 heavy (non-hydrogen) atoms. The number of oxazole rings is 1. The van der Waals surface area contributed by atoms with Gasteiger partial charge in [-0.05, 0) is 37.5 Å². The smallest absolute Gasteiger partial charge is 0.226 e. The summed E-state index contributed by atoms with van der Waals surface area (Å²) in [6.07, 6.45) is 6.70. The fraction of sp³-hybridized carbons (Fsp3) is 0.400. The fourth-order valence-electron chi connectivity index (χ4n) is 1.88. The molecule has 0 saturated carbocycles. The molecular formula is C15H19NO. The molecule has 0 aliphatic carbocycles. The van der Waals surface area contributed by atoms with E-state index in [4.69, 9.17) is 4.42 Å². The third kappa shape index (κ3) is 3.19. The number of unbranched alkanes of at least 4 members (excludes halogenated alkanes) is 2. The van der Waals surface area contributed by atoms with Gasteiger partial charge in [0, 0.05) is 5.56 Å². The quantitative estimate of drug-likeness (QED) is 0.711. The summed E-state index contributed by atoms with van der Waals surface area (Å²) in [5.74, 6) is 0.711. The molecule has 0 atom stereocenters. The summed E-state index contributed by atoms with van der Waals surface area (Å²) in [5, 5.41) is 0. The molecule has 1 aromatic heterocycles. The minimum absolute atomic E-state index is 0.711. The summed E-state index contributed by atoms with van der Waals surface area (Å²) in [4.78, 5) is 4.32. The number of nitrogens with zero attached hydrogens (tertiary/aromatic N) is 1. The Morgan fingerprint density at radius 1 is 1.12 bits per heavy atom. The zero-order chi connectivity index (χ0) is 12.1. The molecule has 2 aromatic rings. The Morgan fingerprint density at radius 3 is 2.47 bits per heavy atom. The summed E-state index contributed by atoms with van der Waals surface area (Å²) < 4.78 is 5.38. The van der Waals surface area contributed by atoms with E-state index in [1.54, 1.807) is 6.26 Å². The third-order valence-corrected chi connectivity index (χ3v) is 2.89. The van der Waals surface area contributed by atoms with E-state index in [0.29, 0.717) is 5.89 Å². The zero-order valence-electron chi connectivity index (χ0n) is 10.6. The Bertz CT molecular complexity index is 456. The molecule has 0 unspecified atom stereocenters. The van der Waals surface area contributed by atoms with E-state index in [1.807, 2.05) is 6.92 Å². The molecule has 0 bridgehead atoms. The number of aryl methyl sites for hydroxylation is 2. The van der Waals surface area contributed by atoms with Crippen LogP contribution in [0.3, 0.4) is 0 Å². The Labute approximate surface area is 103 Å². The van der Waals surface area contributed by atoms with E-state index < -0.39 is 0 Å². The number of hydrogen-bond acceptors (Lipinski definition) is 2. The lowest BCUT2D eigenvalue weighted by Gasteiger charge is -2.01. The average molecular weight is 229 g/mol. The van der Waals surface area contributed by atoms with Gasteiger partial charge in [-0.15, -0.1) is 0 Å². The largest absolute Gasteiger partial charge is 0.444 e. The minimum Gasteiger partial charge on any atom is -0.444 e. The summed E-state index contributed by atoms with van der Waals surface area (Å²) in [6.45, 7) is 4.17. The molecular weight excluding hydrogens is 210 g/mol. The van der Waals surface area contributed by atoms with E-state index in [0.717, 1.165) is 11.3 Å². The van der Waals surface area contributed by atoms with Gasteiger partial charge in [0.25, 0.3) is 0 Å². The zero-order valence-corrected chi connectivity index (χ0v) is 10.6. The van der Waals surface area contributed by atoms with Crippen molar-refractivity contribution in [3.63, 3.8) is 0 Å². The first-order valence-electron chi connectivity index (χ1n) is 6.31. The maximum absolute atomic E-state index is 5.38. The fourth-order valence-corrected chi connectivity index (χ4v) is 1.88. The van der Waals surface area contributed by atoms with Crippen molar-refractivity contribution in [1.29, 1.82) is 0 Å². The van der Waals surface area contributed by atoms with Gasteiger partial charge >= 0.3 is 0 Å². The summed E-state index contributed by atoms with van der Waals surface area (Å²) in [5.41, 5.74) is 3.37. The maximum Gasteiger partial charge on any atom is 0.226 e. The first-order valence-corrected chi connectivity index (χ1v) is 6.31. The van der Waals surface area contributed by atoms with Crippen LogP contribution in [0.1, 0.15) is 37.4 Å². The van der Waals surface area contributed by atoms with Gasteiger partial charge in [0.05, 0.1) is 5.69 Å². The van der Waals surface area contributed by atoms with Crippen molar-refractivity contribution in [3.8, 4) is 11.5 Å². The van der Waals surface area contributed by atoms with Gasteiger partial charge in [0.15, 0.2) is 0 Å². The van der Waals surface area contributed by atoms with Crippen LogP contribution in [0.15, 0.2) is 34.9 Å². The Hall–Kier alpha value is -1.57. The van der Waals surface area contributed by atoms with Crippen molar-refractivity contribution in [2.24, 2.45) is 0 Å². The molecule has 1 heterocycles. The molecule has 0 N–H and O–H groups in total. The number of hydrogen-bond donors (Lipinski definition) is 0. The third-order valence-electron chi connectivity index (χ3n) is 2.89. The normalized spacial score (nSPS) is 10.7. The SMILES string of the molecule is CCCCCc1ccc(-c2nc(C)co2)cc1. The van der Waals surface area contributed by atoms with Gasteiger partial charge in [0.1, 0.15) is 6.26 Å². The van der Waals surface area contributed by atoms with Gasteiger partial charge in [-0.3, -0.25) is 0 Å². The molecule has 2 nitrogen and oxygen atoms in total. The highest BCUT2D eigenvalue weighted by Gasteiger charge is 2.03. The van der Waals surface area contributed by atoms with Crippen LogP contribution in [0.4, 0.5) is 0 Å². The monoisotopic (exact) mass is 229 g/mol. The lowest BCUT2D eigenvalue weighted by molar-refractivity contribution is 0.573. The van der Waals surface area contributed by atoms with Crippen LogP contribution in [0.25, 0.3) is 11.5 Å². The highest BCUT2D eigenvalue weighted by atomic mass is 16.3. The molecule has 0 aliphatic heterocycles. The molecule has 90 valence electrons. The first kappa shape index (κ1) is 11.9. The van der Waals surface area contributed by atoms with Gasteiger partial charge < -0.3 is 4.42 Å². The molecule has 0 amide bonds. The standard InChI is InChI=1S/C15H19NO/c1-3-4-5-6-13-7-9-14(10-8-13)15-16-12(2)11-17-15/h7-11H,3-6H2,1-2H3. The summed E-state index contributed by atoms with van der Waals surface area (Å²) in [7, 11) is 0. The Kier molecular flexibility index (Phi) is 3.97. The highest BCUT2D eigenvalue weighted by Crippen LogP contribution is 2.19. The molecule has 2 heteroatoms. The number of rotatable bonds is 5. The predicted octanol–water partition coefficient (Wildman–Crippen LogP) is 4.38. The lowest BCUT2D eigenvalue weighted by atomic mass is 10.1. The van der Waals surface area contributed by atoms with Crippen molar-refractivity contribution < 1.29 is 4.42 Å². The van der Waals surface area contributed by atoms with Crippen LogP contribution in [-0.2, 0) is 6.42 Å². The van der Waals surface area contributed by atoms with Crippen LogP contribution in [0.5, 0.6) is 0 Å². The molecule has 0 radical (unpaired) electrons. The van der Waals surface area contributed by atoms with Crippen LogP contribution in [0, 0.1) is 6.92 Å². The van der Waals surface area contributed by atoms with E-state index >= 15 is 0 Å². The molecule has 2 rings (SSSR count). The van der Waals surface area contributed by atoms with Crippen molar-refractivity contribution in [2.75, 3.05) is 0 Å². The van der Waals surface area contributed by atoms with E-state index in [-0.39, 0.29) is 0 Å². The van der Waals surface area contributed by atoms with Crippen molar-refractivity contribution in [3.05, 3.63) is 41.8 Å². The van der Waals surface area contributed by atoms with Gasteiger partial charge in [-0.1, -0.05) is 31.9 Å². The lowest BCUT2D eigenvalue weighted by Crippen LogP contribution is -1.86. The van der Waals surface area contributed by atoms with E-state index in [9.17, 15) is 0 Å². The number of benzene rings is 1. The molecule has 0 fully saturated rings. The van der Waals surface area contributed by atoms with Crippen molar-refractivity contribution in [1.82, 2.24) is 4.98 Å². The van der Waals surface area contributed by atoms with Gasteiger partial charge in [-0.25, -0.2) is 4.98 Å². The van der Waals surface area contributed by atoms with Crippen LogP contribution in [0.2, 0.25) is 0 Å². The second kappa shape index (κ2) is 5.67. The average Bonchev–Trinajstić information content (AvgIpc) is 2.77.